The van der Waals surface area contributed by atoms with Gasteiger partial charge in [-0.15, -0.1) is 0 Å². The third-order valence-electron chi connectivity index (χ3n) is 3.72. The van der Waals surface area contributed by atoms with E-state index in [0.29, 0.717) is 18.9 Å². The maximum Gasteiger partial charge on any atom is 0.220 e. The number of hydrogen-bond acceptors (Lipinski definition) is 2. The number of amides is 1. The zero-order valence-corrected chi connectivity index (χ0v) is 11.0. The molecule has 0 atom stereocenters. The summed E-state index contributed by atoms with van der Waals surface area (Å²) in [5.74, 6) is 0.173. The van der Waals surface area contributed by atoms with Crippen LogP contribution in [0.4, 0.5) is 4.39 Å². The third kappa shape index (κ3) is 4.03. The van der Waals surface area contributed by atoms with Crippen LogP contribution in [0.15, 0.2) is 18.2 Å². The second-order valence-corrected chi connectivity index (χ2v) is 5.22. The van der Waals surface area contributed by atoms with Gasteiger partial charge in [0.1, 0.15) is 5.82 Å². The second kappa shape index (κ2) is 6.66. The number of carbonyl (C=O) groups is 1. The molecule has 0 saturated heterocycles. The van der Waals surface area contributed by atoms with Crippen molar-refractivity contribution in [2.75, 3.05) is 0 Å². The highest BCUT2D eigenvalue weighted by Crippen LogP contribution is 2.27. The fourth-order valence-electron chi connectivity index (χ4n) is 2.61. The summed E-state index contributed by atoms with van der Waals surface area (Å²) in [4.78, 5) is 11.8. The largest absolute Gasteiger partial charge is 0.392 e. The molecular formula is C15H20FNO2. The molecule has 1 aliphatic rings. The third-order valence-corrected chi connectivity index (χ3v) is 3.72. The molecule has 4 heteroatoms. The standard InChI is InChI=1S/C15H20FNO2/c16-14-6-5-12(7-13(14)10-18)9-17-15(19)8-11-3-1-2-4-11/h5-7,11,18H,1-4,8-10H2,(H,17,19). The number of rotatable bonds is 5. The van der Waals surface area contributed by atoms with Gasteiger partial charge in [0.15, 0.2) is 0 Å². The Kier molecular flexibility index (Phi) is 4.91. The van der Waals surface area contributed by atoms with E-state index in [1.165, 1.54) is 18.9 Å². The molecule has 2 N–H and O–H groups in total. The van der Waals surface area contributed by atoms with Gasteiger partial charge in [-0.1, -0.05) is 18.9 Å². The van der Waals surface area contributed by atoms with E-state index in [9.17, 15) is 9.18 Å². The van der Waals surface area contributed by atoms with Crippen molar-refractivity contribution in [2.45, 2.75) is 45.3 Å². The Labute approximate surface area is 112 Å². The van der Waals surface area contributed by atoms with Gasteiger partial charge in [0.25, 0.3) is 0 Å². The van der Waals surface area contributed by atoms with Crippen LogP contribution in [-0.4, -0.2) is 11.0 Å². The Bertz CT molecular complexity index is 442. The first-order chi connectivity index (χ1) is 9.19. The number of carbonyl (C=O) groups excluding carboxylic acids is 1. The van der Waals surface area contributed by atoms with E-state index in [2.05, 4.69) is 5.32 Å². The normalized spacial score (nSPS) is 15.7. The smallest absolute Gasteiger partial charge is 0.220 e. The van der Waals surface area contributed by atoms with Crippen molar-refractivity contribution in [2.24, 2.45) is 5.92 Å². The molecule has 2 rings (SSSR count). The van der Waals surface area contributed by atoms with Crippen molar-refractivity contribution in [1.29, 1.82) is 0 Å². The predicted molar refractivity (Wildman–Crippen MR) is 70.7 cm³/mol. The summed E-state index contributed by atoms with van der Waals surface area (Å²) >= 11 is 0. The summed E-state index contributed by atoms with van der Waals surface area (Å²) in [6.45, 7) is 0.0640. The molecule has 0 heterocycles. The zero-order valence-electron chi connectivity index (χ0n) is 11.0. The molecule has 0 aromatic heterocycles. The van der Waals surface area contributed by atoms with Crippen LogP contribution in [0.1, 0.15) is 43.2 Å². The Morgan fingerprint density at radius 2 is 2.11 bits per heavy atom. The van der Waals surface area contributed by atoms with Crippen LogP contribution in [0.25, 0.3) is 0 Å². The zero-order chi connectivity index (χ0) is 13.7. The van der Waals surface area contributed by atoms with Gasteiger partial charge in [-0.2, -0.15) is 0 Å². The molecule has 3 nitrogen and oxygen atoms in total. The summed E-state index contributed by atoms with van der Waals surface area (Å²) in [5, 5.41) is 11.8. The van der Waals surface area contributed by atoms with Gasteiger partial charge in [-0.05, 0) is 36.5 Å². The fourth-order valence-corrected chi connectivity index (χ4v) is 2.61. The fraction of sp³-hybridized carbons (Fsp3) is 0.533. The lowest BCUT2D eigenvalue weighted by molar-refractivity contribution is -0.122. The SMILES string of the molecule is O=C(CC1CCCC1)NCc1ccc(F)c(CO)c1. The number of halogens is 1. The first-order valence-corrected chi connectivity index (χ1v) is 6.84. The molecule has 1 saturated carbocycles. The summed E-state index contributed by atoms with van der Waals surface area (Å²) in [5.41, 5.74) is 1.08. The molecule has 1 fully saturated rings. The van der Waals surface area contributed by atoms with Crippen LogP contribution in [0.2, 0.25) is 0 Å². The van der Waals surface area contributed by atoms with Crippen molar-refractivity contribution in [3.8, 4) is 0 Å². The first kappa shape index (κ1) is 14.0. The van der Waals surface area contributed by atoms with Gasteiger partial charge in [0, 0.05) is 18.5 Å². The highest BCUT2D eigenvalue weighted by molar-refractivity contribution is 5.76. The van der Waals surface area contributed by atoms with Crippen molar-refractivity contribution < 1.29 is 14.3 Å². The van der Waals surface area contributed by atoms with Gasteiger partial charge in [0.2, 0.25) is 5.91 Å². The highest BCUT2D eigenvalue weighted by Gasteiger charge is 2.18. The van der Waals surface area contributed by atoms with Crippen LogP contribution >= 0.6 is 0 Å². The topological polar surface area (TPSA) is 49.3 Å². The van der Waals surface area contributed by atoms with Crippen LogP contribution in [0, 0.1) is 11.7 Å². The van der Waals surface area contributed by atoms with Crippen molar-refractivity contribution >= 4 is 5.91 Å². The molecule has 19 heavy (non-hydrogen) atoms. The van der Waals surface area contributed by atoms with Gasteiger partial charge in [-0.3, -0.25) is 4.79 Å². The minimum absolute atomic E-state index is 0.0572. The molecule has 1 aliphatic carbocycles. The Morgan fingerprint density at radius 3 is 2.79 bits per heavy atom. The maximum absolute atomic E-state index is 13.2. The molecule has 1 aromatic carbocycles. The summed E-state index contributed by atoms with van der Waals surface area (Å²) in [6, 6.07) is 4.54. The van der Waals surface area contributed by atoms with Gasteiger partial charge in [0.05, 0.1) is 6.61 Å². The summed E-state index contributed by atoms with van der Waals surface area (Å²) in [7, 11) is 0. The van der Waals surface area contributed by atoms with Crippen LogP contribution < -0.4 is 5.32 Å². The Balaban J connectivity index is 1.82. The highest BCUT2D eigenvalue weighted by atomic mass is 19.1. The van der Waals surface area contributed by atoms with E-state index in [1.807, 2.05) is 0 Å². The van der Waals surface area contributed by atoms with E-state index in [1.54, 1.807) is 12.1 Å². The van der Waals surface area contributed by atoms with E-state index in [0.717, 1.165) is 18.4 Å². The average molecular weight is 265 g/mol. The molecule has 0 bridgehead atoms. The van der Waals surface area contributed by atoms with Crippen LogP contribution in [-0.2, 0) is 17.9 Å². The van der Waals surface area contributed by atoms with Crippen molar-refractivity contribution in [3.05, 3.63) is 35.1 Å². The Morgan fingerprint density at radius 1 is 1.37 bits per heavy atom. The molecule has 1 aromatic rings. The minimum atomic E-state index is -0.413. The van der Waals surface area contributed by atoms with Crippen LogP contribution in [0.3, 0.4) is 0 Å². The van der Waals surface area contributed by atoms with E-state index in [-0.39, 0.29) is 18.1 Å². The van der Waals surface area contributed by atoms with Gasteiger partial charge >= 0.3 is 0 Å². The predicted octanol–water partition coefficient (Wildman–Crippen LogP) is 2.51. The molecule has 0 radical (unpaired) electrons. The van der Waals surface area contributed by atoms with Gasteiger partial charge < -0.3 is 10.4 Å². The lowest BCUT2D eigenvalue weighted by Gasteiger charge is -2.10. The van der Waals surface area contributed by atoms with Gasteiger partial charge in [-0.25, -0.2) is 4.39 Å². The lowest BCUT2D eigenvalue weighted by Crippen LogP contribution is -2.24. The molecule has 0 spiro atoms. The molecule has 104 valence electrons. The molecule has 0 aliphatic heterocycles. The van der Waals surface area contributed by atoms with Crippen molar-refractivity contribution in [3.63, 3.8) is 0 Å². The molecule has 0 unspecified atom stereocenters. The molecule has 1 amide bonds. The monoisotopic (exact) mass is 265 g/mol. The molecular weight excluding hydrogens is 245 g/mol. The Hall–Kier alpha value is -1.42. The average Bonchev–Trinajstić information content (AvgIpc) is 2.90. The van der Waals surface area contributed by atoms with Crippen LogP contribution in [0.5, 0.6) is 0 Å². The first-order valence-electron chi connectivity index (χ1n) is 6.84. The van der Waals surface area contributed by atoms with E-state index >= 15 is 0 Å². The van der Waals surface area contributed by atoms with Crippen molar-refractivity contribution in [1.82, 2.24) is 5.32 Å². The number of nitrogens with one attached hydrogen (secondary N) is 1. The second-order valence-electron chi connectivity index (χ2n) is 5.22. The number of aliphatic hydroxyl groups excluding tert-OH is 1. The summed E-state index contributed by atoms with van der Waals surface area (Å²) < 4.78 is 13.2. The van der Waals surface area contributed by atoms with E-state index in [4.69, 9.17) is 5.11 Å². The quantitative estimate of drug-likeness (QED) is 0.859. The lowest BCUT2D eigenvalue weighted by atomic mass is 10.0. The number of hydrogen-bond donors (Lipinski definition) is 2. The number of aliphatic hydroxyl groups is 1. The minimum Gasteiger partial charge on any atom is -0.392 e. The van der Waals surface area contributed by atoms with E-state index < -0.39 is 5.82 Å². The summed E-state index contributed by atoms with van der Waals surface area (Å²) in [6.07, 6.45) is 5.36. The number of benzene rings is 1. The maximum atomic E-state index is 13.2.